The number of rotatable bonds is 2. The molecule has 100 valence electrons. The van der Waals surface area contributed by atoms with Crippen molar-refractivity contribution in [2.24, 2.45) is 0 Å². The number of benzene rings is 1. The fourth-order valence-corrected chi connectivity index (χ4v) is 2.14. The lowest BCUT2D eigenvalue weighted by molar-refractivity contribution is 0.0993. The van der Waals surface area contributed by atoms with Gasteiger partial charge in [0.25, 0.3) is 5.91 Å². The Morgan fingerprint density at radius 1 is 1.25 bits per heavy atom. The predicted octanol–water partition coefficient (Wildman–Crippen LogP) is 3.54. The Morgan fingerprint density at radius 2 is 1.90 bits per heavy atom. The van der Waals surface area contributed by atoms with Crippen LogP contribution in [-0.4, -0.2) is 17.9 Å². The zero-order valence-electron chi connectivity index (χ0n) is 10.5. The van der Waals surface area contributed by atoms with Crippen LogP contribution in [0.4, 0.5) is 5.69 Å². The lowest BCUT2D eigenvalue weighted by Gasteiger charge is -2.17. The molecule has 0 saturated heterocycles. The van der Waals surface area contributed by atoms with Crippen LogP contribution in [0.5, 0.6) is 0 Å². The molecule has 0 atom stereocenters. The fraction of sp³-hybridized carbons (Fsp3) is 0.0714. The van der Waals surface area contributed by atoms with E-state index >= 15 is 0 Å². The van der Waals surface area contributed by atoms with E-state index < -0.39 is 0 Å². The Balaban J connectivity index is 2.35. The molecule has 0 N–H and O–H groups in total. The third-order valence-electron chi connectivity index (χ3n) is 2.68. The van der Waals surface area contributed by atoms with Crippen molar-refractivity contribution >= 4 is 34.8 Å². The van der Waals surface area contributed by atoms with Gasteiger partial charge in [0.05, 0.1) is 11.6 Å². The summed E-state index contributed by atoms with van der Waals surface area (Å²) in [5, 5.41) is 9.18. The molecule has 0 fully saturated rings. The molecule has 0 aliphatic carbocycles. The van der Waals surface area contributed by atoms with E-state index in [1.807, 2.05) is 6.07 Å². The van der Waals surface area contributed by atoms with Gasteiger partial charge in [-0.3, -0.25) is 4.79 Å². The number of halogens is 2. The summed E-state index contributed by atoms with van der Waals surface area (Å²) >= 11 is 11.6. The molecule has 1 heterocycles. The van der Waals surface area contributed by atoms with E-state index in [1.54, 1.807) is 31.3 Å². The van der Waals surface area contributed by atoms with Gasteiger partial charge >= 0.3 is 0 Å². The summed E-state index contributed by atoms with van der Waals surface area (Å²) in [6.07, 6.45) is 0. The Bertz CT molecular complexity index is 690. The van der Waals surface area contributed by atoms with E-state index in [0.29, 0.717) is 16.8 Å². The second-order valence-corrected chi connectivity index (χ2v) is 4.80. The number of nitrogens with zero attached hydrogens (tertiary/aromatic N) is 3. The number of amides is 1. The SMILES string of the molecule is CN(C(=O)c1cc(Cl)nc(Cl)c1)c1cccc(C#N)c1. The normalized spacial score (nSPS) is 9.90. The van der Waals surface area contributed by atoms with Crippen LogP contribution in [0.2, 0.25) is 10.3 Å². The molecule has 0 spiro atoms. The Morgan fingerprint density at radius 3 is 2.50 bits per heavy atom. The number of pyridine rings is 1. The first kappa shape index (κ1) is 14.3. The molecule has 4 nitrogen and oxygen atoms in total. The quantitative estimate of drug-likeness (QED) is 0.797. The van der Waals surface area contributed by atoms with Gasteiger partial charge < -0.3 is 4.90 Å². The van der Waals surface area contributed by atoms with Crippen molar-refractivity contribution in [3.8, 4) is 6.07 Å². The number of hydrogen-bond donors (Lipinski definition) is 0. The van der Waals surface area contributed by atoms with Gasteiger partial charge in [-0.1, -0.05) is 29.3 Å². The molecule has 0 aliphatic heterocycles. The fourth-order valence-electron chi connectivity index (χ4n) is 1.68. The monoisotopic (exact) mass is 305 g/mol. The van der Waals surface area contributed by atoms with Crippen LogP contribution in [0.1, 0.15) is 15.9 Å². The van der Waals surface area contributed by atoms with Crippen molar-refractivity contribution in [3.05, 3.63) is 57.8 Å². The van der Waals surface area contributed by atoms with Crippen LogP contribution in [0, 0.1) is 11.3 Å². The van der Waals surface area contributed by atoms with Crippen LogP contribution in [0.3, 0.4) is 0 Å². The van der Waals surface area contributed by atoms with Gasteiger partial charge in [-0.2, -0.15) is 5.26 Å². The summed E-state index contributed by atoms with van der Waals surface area (Å²) in [6.45, 7) is 0. The molecule has 0 saturated carbocycles. The van der Waals surface area contributed by atoms with Crippen LogP contribution in [0.25, 0.3) is 0 Å². The van der Waals surface area contributed by atoms with Gasteiger partial charge in [0.2, 0.25) is 0 Å². The third-order valence-corrected chi connectivity index (χ3v) is 3.06. The number of carbonyl (C=O) groups is 1. The van der Waals surface area contributed by atoms with E-state index in [-0.39, 0.29) is 16.2 Å². The highest BCUT2D eigenvalue weighted by molar-refractivity contribution is 6.33. The third kappa shape index (κ3) is 3.08. The van der Waals surface area contributed by atoms with Gasteiger partial charge in [-0.15, -0.1) is 0 Å². The standard InChI is InChI=1S/C14H9Cl2N3O/c1-19(11-4-2-3-9(5-11)8-17)14(20)10-6-12(15)18-13(16)7-10/h2-7H,1H3. The van der Waals surface area contributed by atoms with Crippen LogP contribution in [0.15, 0.2) is 36.4 Å². The second-order valence-electron chi connectivity index (χ2n) is 4.03. The van der Waals surface area contributed by atoms with Crippen LogP contribution >= 0.6 is 23.2 Å². The van der Waals surface area contributed by atoms with E-state index in [0.717, 1.165) is 0 Å². The van der Waals surface area contributed by atoms with E-state index in [4.69, 9.17) is 28.5 Å². The molecule has 0 aliphatic rings. The summed E-state index contributed by atoms with van der Waals surface area (Å²) in [5.74, 6) is -0.286. The lowest BCUT2D eigenvalue weighted by Crippen LogP contribution is -2.26. The largest absolute Gasteiger partial charge is 0.311 e. The van der Waals surface area contributed by atoms with Gasteiger partial charge in [-0.25, -0.2) is 4.98 Å². The topological polar surface area (TPSA) is 57.0 Å². The second kappa shape index (κ2) is 5.91. The number of carbonyl (C=O) groups excluding carboxylic acids is 1. The van der Waals surface area contributed by atoms with Crippen molar-refractivity contribution < 1.29 is 4.79 Å². The minimum Gasteiger partial charge on any atom is -0.311 e. The van der Waals surface area contributed by atoms with Gasteiger partial charge in [0.15, 0.2) is 0 Å². The average Bonchev–Trinajstić information content (AvgIpc) is 2.44. The van der Waals surface area contributed by atoms with Crippen LogP contribution < -0.4 is 4.90 Å². The van der Waals surface area contributed by atoms with E-state index in [9.17, 15) is 4.79 Å². The molecule has 2 rings (SSSR count). The molecular formula is C14H9Cl2N3O. The minimum absolute atomic E-state index is 0.153. The Labute approximate surface area is 126 Å². The highest BCUT2D eigenvalue weighted by atomic mass is 35.5. The molecule has 1 aromatic heterocycles. The minimum atomic E-state index is -0.286. The highest BCUT2D eigenvalue weighted by Crippen LogP contribution is 2.20. The maximum atomic E-state index is 12.3. The van der Waals surface area contributed by atoms with E-state index in [2.05, 4.69) is 4.98 Å². The zero-order valence-corrected chi connectivity index (χ0v) is 12.0. The zero-order chi connectivity index (χ0) is 14.7. The van der Waals surface area contributed by atoms with Gasteiger partial charge in [-0.05, 0) is 30.3 Å². The Hall–Kier alpha value is -2.09. The van der Waals surface area contributed by atoms with Gasteiger partial charge in [0.1, 0.15) is 10.3 Å². The van der Waals surface area contributed by atoms with Crippen LogP contribution in [-0.2, 0) is 0 Å². The smallest absolute Gasteiger partial charge is 0.258 e. The van der Waals surface area contributed by atoms with Gasteiger partial charge in [0, 0.05) is 18.3 Å². The molecule has 0 unspecified atom stereocenters. The van der Waals surface area contributed by atoms with E-state index in [1.165, 1.54) is 17.0 Å². The molecule has 1 aromatic carbocycles. The molecule has 6 heteroatoms. The van der Waals surface area contributed by atoms with Crippen molar-refractivity contribution in [1.29, 1.82) is 5.26 Å². The first-order valence-corrected chi connectivity index (χ1v) is 6.38. The summed E-state index contributed by atoms with van der Waals surface area (Å²) in [7, 11) is 1.61. The van der Waals surface area contributed by atoms with Crippen molar-refractivity contribution in [2.75, 3.05) is 11.9 Å². The molecule has 2 aromatic rings. The summed E-state index contributed by atoms with van der Waals surface area (Å²) in [6, 6.07) is 11.7. The number of nitriles is 1. The van der Waals surface area contributed by atoms with Crippen molar-refractivity contribution in [1.82, 2.24) is 4.98 Å². The summed E-state index contributed by atoms with van der Waals surface area (Å²) in [4.78, 5) is 17.6. The first-order valence-electron chi connectivity index (χ1n) is 5.62. The number of aromatic nitrogens is 1. The number of anilines is 1. The average molecular weight is 306 g/mol. The van der Waals surface area contributed by atoms with Crippen molar-refractivity contribution in [3.63, 3.8) is 0 Å². The Kier molecular flexibility index (Phi) is 4.23. The maximum absolute atomic E-state index is 12.3. The lowest BCUT2D eigenvalue weighted by atomic mass is 10.2. The molecule has 1 amide bonds. The highest BCUT2D eigenvalue weighted by Gasteiger charge is 2.15. The maximum Gasteiger partial charge on any atom is 0.258 e. The van der Waals surface area contributed by atoms with Crippen molar-refractivity contribution in [2.45, 2.75) is 0 Å². The summed E-state index contributed by atoms with van der Waals surface area (Å²) < 4.78 is 0. The predicted molar refractivity (Wildman–Crippen MR) is 78.1 cm³/mol. The number of hydrogen-bond acceptors (Lipinski definition) is 3. The molecular weight excluding hydrogens is 297 g/mol. The molecule has 20 heavy (non-hydrogen) atoms. The summed E-state index contributed by atoms with van der Waals surface area (Å²) in [5.41, 5.74) is 1.42. The molecule has 0 bridgehead atoms. The molecule has 0 radical (unpaired) electrons. The first-order chi connectivity index (χ1) is 9.51.